The van der Waals surface area contributed by atoms with Gasteiger partial charge in [-0.2, -0.15) is 13.2 Å². The van der Waals surface area contributed by atoms with Gasteiger partial charge >= 0.3 is 12.1 Å². The van der Waals surface area contributed by atoms with E-state index >= 15 is 0 Å². The highest BCUT2D eigenvalue weighted by atomic mass is 19.4. The largest absolute Gasteiger partial charge is 0.493 e. The molecule has 0 bridgehead atoms. The van der Waals surface area contributed by atoms with Crippen LogP contribution in [0.4, 0.5) is 19.0 Å². The van der Waals surface area contributed by atoms with Crippen molar-refractivity contribution in [2.45, 2.75) is 44.3 Å². The number of esters is 1. The van der Waals surface area contributed by atoms with E-state index in [2.05, 4.69) is 5.32 Å². The number of pyridine rings is 1. The molecule has 0 saturated heterocycles. The van der Waals surface area contributed by atoms with Gasteiger partial charge in [0.2, 0.25) is 0 Å². The summed E-state index contributed by atoms with van der Waals surface area (Å²) in [7, 11) is 1.44. The number of imidazole rings is 1. The number of anilines is 1. The summed E-state index contributed by atoms with van der Waals surface area (Å²) >= 11 is 0. The Labute approximate surface area is 212 Å². The molecule has 1 aliphatic rings. The van der Waals surface area contributed by atoms with Gasteiger partial charge in [0.05, 0.1) is 18.2 Å². The molecule has 6 nitrogen and oxygen atoms in total. The SMILES string of the molecule is COc1cc(-c2nc3ccccn3c2NC2CCCCC2)ccc1OC(=O)c1cccc(C(F)(F)F)c1. The average Bonchev–Trinajstić information content (AvgIpc) is 3.27. The topological polar surface area (TPSA) is 64.9 Å². The lowest BCUT2D eigenvalue weighted by Gasteiger charge is -2.24. The Morgan fingerprint density at radius 2 is 1.81 bits per heavy atom. The second kappa shape index (κ2) is 10.2. The number of hydrogen-bond donors (Lipinski definition) is 1. The molecule has 1 N–H and O–H groups in total. The van der Waals surface area contributed by atoms with Crippen molar-refractivity contribution in [1.82, 2.24) is 9.38 Å². The number of aromatic nitrogens is 2. The van der Waals surface area contributed by atoms with Gasteiger partial charge in [-0.25, -0.2) is 9.78 Å². The number of carbonyl (C=O) groups is 1. The van der Waals surface area contributed by atoms with Crippen LogP contribution in [-0.2, 0) is 6.18 Å². The fourth-order valence-electron chi connectivity index (χ4n) is 4.66. The number of halogens is 3. The summed E-state index contributed by atoms with van der Waals surface area (Å²) in [5, 5.41) is 3.68. The van der Waals surface area contributed by atoms with Crippen LogP contribution in [0.2, 0.25) is 0 Å². The second-order valence-electron chi connectivity index (χ2n) is 9.05. The molecular formula is C28H26F3N3O3. The summed E-state index contributed by atoms with van der Waals surface area (Å²) in [6.07, 6.45) is 3.19. The maximum Gasteiger partial charge on any atom is 0.416 e. The normalized spacial score (nSPS) is 14.5. The Hall–Kier alpha value is -4.01. The molecule has 1 fully saturated rings. The lowest BCUT2D eigenvalue weighted by Crippen LogP contribution is -2.23. The summed E-state index contributed by atoms with van der Waals surface area (Å²) in [4.78, 5) is 17.5. The summed E-state index contributed by atoms with van der Waals surface area (Å²) in [5.74, 6) is 0.320. The first-order chi connectivity index (χ1) is 17.8. The number of nitrogens with zero attached hydrogens (tertiary/aromatic N) is 2. The number of methoxy groups -OCH3 is 1. The van der Waals surface area contributed by atoms with E-state index in [1.807, 2.05) is 28.8 Å². The van der Waals surface area contributed by atoms with E-state index in [9.17, 15) is 18.0 Å². The monoisotopic (exact) mass is 509 g/mol. The molecule has 0 radical (unpaired) electrons. The van der Waals surface area contributed by atoms with Crippen LogP contribution < -0.4 is 14.8 Å². The molecule has 2 heterocycles. The van der Waals surface area contributed by atoms with Crippen LogP contribution in [0.3, 0.4) is 0 Å². The molecule has 1 saturated carbocycles. The van der Waals surface area contributed by atoms with E-state index in [1.54, 1.807) is 18.2 Å². The van der Waals surface area contributed by atoms with Crippen LogP contribution in [0.25, 0.3) is 16.9 Å². The highest BCUT2D eigenvalue weighted by Gasteiger charge is 2.31. The van der Waals surface area contributed by atoms with E-state index in [0.717, 1.165) is 47.7 Å². The van der Waals surface area contributed by atoms with Gasteiger partial charge < -0.3 is 14.8 Å². The number of nitrogens with one attached hydrogen (secondary N) is 1. The average molecular weight is 510 g/mol. The Morgan fingerprint density at radius 1 is 1.00 bits per heavy atom. The third kappa shape index (κ3) is 5.26. The third-order valence-corrected chi connectivity index (χ3v) is 6.54. The van der Waals surface area contributed by atoms with Crippen molar-refractivity contribution in [3.63, 3.8) is 0 Å². The zero-order chi connectivity index (χ0) is 26.0. The number of fused-ring (bicyclic) bond motifs is 1. The molecule has 4 aromatic rings. The lowest BCUT2D eigenvalue weighted by atomic mass is 9.95. The van der Waals surface area contributed by atoms with Crippen molar-refractivity contribution in [3.8, 4) is 22.8 Å². The van der Waals surface area contributed by atoms with E-state index in [0.29, 0.717) is 6.04 Å². The van der Waals surface area contributed by atoms with Crippen LogP contribution in [0.5, 0.6) is 11.5 Å². The molecule has 0 spiro atoms. The number of ether oxygens (including phenoxy) is 2. The minimum absolute atomic E-state index is 0.0965. The Morgan fingerprint density at radius 3 is 2.57 bits per heavy atom. The zero-order valence-corrected chi connectivity index (χ0v) is 20.2. The second-order valence-corrected chi connectivity index (χ2v) is 9.05. The first-order valence-corrected chi connectivity index (χ1v) is 12.1. The van der Waals surface area contributed by atoms with Gasteiger partial charge in [0, 0.05) is 17.8 Å². The molecule has 2 aromatic carbocycles. The highest BCUT2D eigenvalue weighted by Crippen LogP contribution is 2.37. The summed E-state index contributed by atoms with van der Waals surface area (Å²) in [5.41, 5.74) is 1.13. The first kappa shape index (κ1) is 24.7. The van der Waals surface area contributed by atoms with Crippen LogP contribution in [0.15, 0.2) is 66.9 Å². The van der Waals surface area contributed by atoms with Gasteiger partial charge in [0.25, 0.3) is 0 Å². The maximum atomic E-state index is 13.1. The van der Waals surface area contributed by atoms with Crippen LogP contribution >= 0.6 is 0 Å². The lowest BCUT2D eigenvalue weighted by molar-refractivity contribution is -0.137. The third-order valence-electron chi connectivity index (χ3n) is 6.54. The fraction of sp³-hybridized carbons (Fsp3) is 0.286. The standard InChI is InChI=1S/C28H26F3N3O3/c1-36-23-17-18(13-14-22(23)37-27(35)19-8-7-9-20(16-19)28(29,30)31)25-26(32-21-10-3-2-4-11-21)34-15-6-5-12-24(34)33-25/h5-9,12-17,21,32H,2-4,10-11H2,1H3. The number of carbonyl (C=O) groups excluding carboxylic acids is 1. The van der Waals surface area contributed by atoms with Crippen molar-refractivity contribution >= 4 is 17.4 Å². The Kier molecular flexibility index (Phi) is 6.78. The molecule has 0 atom stereocenters. The molecule has 9 heteroatoms. The molecular weight excluding hydrogens is 483 g/mol. The van der Waals surface area contributed by atoms with Gasteiger partial charge in [-0.15, -0.1) is 0 Å². The molecule has 0 amide bonds. The van der Waals surface area contributed by atoms with Crippen molar-refractivity contribution in [2.75, 3.05) is 12.4 Å². The molecule has 5 rings (SSSR count). The van der Waals surface area contributed by atoms with Gasteiger partial charge in [-0.05, 0) is 61.4 Å². The van der Waals surface area contributed by atoms with Crippen molar-refractivity contribution < 1.29 is 27.4 Å². The minimum Gasteiger partial charge on any atom is -0.493 e. The molecule has 192 valence electrons. The van der Waals surface area contributed by atoms with E-state index < -0.39 is 17.7 Å². The van der Waals surface area contributed by atoms with Crippen LogP contribution in [-0.4, -0.2) is 28.5 Å². The van der Waals surface area contributed by atoms with E-state index in [-0.39, 0.29) is 17.1 Å². The first-order valence-electron chi connectivity index (χ1n) is 12.1. The summed E-state index contributed by atoms with van der Waals surface area (Å²) in [6, 6.07) is 15.3. The quantitative estimate of drug-likeness (QED) is 0.224. The van der Waals surface area contributed by atoms with E-state index in [4.69, 9.17) is 14.5 Å². The van der Waals surface area contributed by atoms with Crippen molar-refractivity contribution in [1.29, 1.82) is 0 Å². The Bertz CT molecular complexity index is 1430. The van der Waals surface area contributed by atoms with Crippen molar-refractivity contribution in [2.24, 2.45) is 0 Å². The molecule has 0 unspecified atom stereocenters. The zero-order valence-electron chi connectivity index (χ0n) is 20.2. The predicted molar refractivity (Wildman–Crippen MR) is 134 cm³/mol. The molecule has 0 aliphatic heterocycles. The van der Waals surface area contributed by atoms with Crippen LogP contribution in [0.1, 0.15) is 48.0 Å². The van der Waals surface area contributed by atoms with Crippen LogP contribution in [0, 0.1) is 0 Å². The van der Waals surface area contributed by atoms with Gasteiger partial charge in [-0.3, -0.25) is 4.40 Å². The maximum absolute atomic E-state index is 13.1. The highest BCUT2D eigenvalue weighted by molar-refractivity contribution is 5.92. The predicted octanol–water partition coefficient (Wildman–Crippen LogP) is 6.99. The fourth-order valence-corrected chi connectivity index (χ4v) is 4.66. The van der Waals surface area contributed by atoms with E-state index in [1.165, 1.54) is 38.5 Å². The van der Waals surface area contributed by atoms with Crippen molar-refractivity contribution in [3.05, 3.63) is 78.0 Å². The smallest absolute Gasteiger partial charge is 0.416 e. The Balaban J connectivity index is 1.46. The van der Waals surface area contributed by atoms with Gasteiger partial charge in [0.15, 0.2) is 11.5 Å². The summed E-state index contributed by atoms with van der Waals surface area (Å²) < 4.78 is 52.1. The minimum atomic E-state index is -4.56. The molecule has 2 aromatic heterocycles. The summed E-state index contributed by atoms with van der Waals surface area (Å²) in [6.45, 7) is 0. The number of hydrogen-bond acceptors (Lipinski definition) is 5. The molecule has 1 aliphatic carbocycles. The van der Waals surface area contributed by atoms with Gasteiger partial charge in [-0.1, -0.05) is 31.4 Å². The van der Waals surface area contributed by atoms with Gasteiger partial charge in [0.1, 0.15) is 17.2 Å². The number of alkyl halides is 3. The number of rotatable bonds is 6. The molecule has 37 heavy (non-hydrogen) atoms. The number of benzene rings is 2.